The molecule has 0 aromatic heterocycles. The third-order valence-electron chi connectivity index (χ3n) is 2.27. The van der Waals surface area contributed by atoms with E-state index in [-0.39, 0.29) is 5.70 Å². The fourth-order valence-corrected chi connectivity index (χ4v) is 1.48. The normalized spacial score (nSPS) is 26.0. The van der Waals surface area contributed by atoms with Gasteiger partial charge in [0.05, 0.1) is 5.92 Å². The van der Waals surface area contributed by atoms with Gasteiger partial charge in [-0.05, 0) is 6.08 Å². The van der Waals surface area contributed by atoms with Crippen LogP contribution >= 0.6 is 0 Å². The van der Waals surface area contributed by atoms with E-state index in [0.29, 0.717) is 0 Å². The van der Waals surface area contributed by atoms with Gasteiger partial charge in [0, 0.05) is 11.6 Å². The van der Waals surface area contributed by atoms with Gasteiger partial charge in [-0.2, -0.15) is 13.2 Å². The molecule has 0 aromatic carbocycles. The molecule has 3 N–H and O–H groups in total. The molecule has 3 nitrogen and oxygen atoms in total. The number of nitrogens with one attached hydrogen (secondary N) is 1. The predicted molar refractivity (Wildman–Crippen MR) is 48.7 cm³/mol. The lowest BCUT2D eigenvalue weighted by atomic mass is 9.86. The number of alkyl halides is 3. The van der Waals surface area contributed by atoms with E-state index in [9.17, 15) is 18.0 Å². The quantitative estimate of drug-likeness (QED) is 0.696. The molecule has 2 unspecified atom stereocenters. The minimum absolute atomic E-state index is 0.187. The Labute approximate surface area is 84.8 Å². The van der Waals surface area contributed by atoms with Crippen LogP contribution in [0, 0.1) is 11.8 Å². The van der Waals surface area contributed by atoms with E-state index in [1.165, 1.54) is 19.1 Å². The van der Waals surface area contributed by atoms with Gasteiger partial charge in [-0.25, -0.2) is 4.79 Å². The fraction of sp³-hybridized carbons (Fsp3) is 0.444. The van der Waals surface area contributed by atoms with Crippen LogP contribution in [0.5, 0.6) is 0 Å². The standard InChI is InChI=1S/C9H11F3N2O/c1-5-6(9(10,11)12)3-2-4-7(5)14-8(13)15/h2-6H,1H3,(H3,13,14,15). The van der Waals surface area contributed by atoms with E-state index in [4.69, 9.17) is 5.73 Å². The van der Waals surface area contributed by atoms with Crippen molar-refractivity contribution in [2.75, 3.05) is 0 Å². The molecule has 84 valence electrons. The highest BCUT2D eigenvalue weighted by molar-refractivity contribution is 5.74. The van der Waals surface area contributed by atoms with E-state index in [1.807, 2.05) is 0 Å². The molecule has 2 atom stereocenters. The maximum atomic E-state index is 12.5. The van der Waals surface area contributed by atoms with Crippen molar-refractivity contribution < 1.29 is 18.0 Å². The van der Waals surface area contributed by atoms with Crippen LogP contribution in [0.25, 0.3) is 0 Å². The SMILES string of the molecule is CC1C(NC(N)=O)=CC=CC1C(F)(F)F. The zero-order chi connectivity index (χ0) is 11.6. The zero-order valence-electron chi connectivity index (χ0n) is 8.01. The summed E-state index contributed by atoms with van der Waals surface area (Å²) in [6.45, 7) is 1.39. The molecule has 0 aromatic rings. The number of primary amides is 1. The smallest absolute Gasteiger partial charge is 0.351 e. The van der Waals surface area contributed by atoms with Crippen LogP contribution in [0.3, 0.4) is 0 Å². The van der Waals surface area contributed by atoms with Crippen LogP contribution < -0.4 is 11.1 Å². The lowest BCUT2D eigenvalue weighted by molar-refractivity contribution is -0.170. The number of hydrogen-bond donors (Lipinski definition) is 2. The summed E-state index contributed by atoms with van der Waals surface area (Å²) in [5.74, 6) is -2.41. The largest absolute Gasteiger partial charge is 0.395 e. The summed E-state index contributed by atoms with van der Waals surface area (Å²) in [6.07, 6.45) is -0.563. The van der Waals surface area contributed by atoms with Gasteiger partial charge in [-0.3, -0.25) is 0 Å². The van der Waals surface area contributed by atoms with Gasteiger partial charge >= 0.3 is 12.2 Å². The van der Waals surface area contributed by atoms with Gasteiger partial charge in [0.25, 0.3) is 0 Å². The number of urea groups is 1. The molecule has 15 heavy (non-hydrogen) atoms. The molecule has 1 aliphatic rings. The maximum Gasteiger partial charge on any atom is 0.395 e. The third kappa shape index (κ3) is 2.74. The van der Waals surface area contributed by atoms with Crippen molar-refractivity contribution >= 4 is 6.03 Å². The Balaban J connectivity index is 2.83. The van der Waals surface area contributed by atoms with Crippen molar-refractivity contribution in [3.8, 4) is 0 Å². The first-order valence-electron chi connectivity index (χ1n) is 4.34. The lowest BCUT2D eigenvalue weighted by Crippen LogP contribution is -2.37. The number of nitrogens with two attached hydrogens (primary N) is 1. The van der Waals surface area contributed by atoms with Gasteiger partial charge < -0.3 is 11.1 Å². The molecule has 0 heterocycles. The number of amides is 2. The summed E-state index contributed by atoms with van der Waals surface area (Å²) in [5, 5.41) is 2.18. The van der Waals surface area contributed by atoms with Gasteiger partial charge in [0.15, 0.2) is 0 Å². The first-order valence-corrected chi connectivity index (χ1v) is 4.34. The summed E-state index contributed by atoms with van der Waals surface area (Å²) < 4.78 is 37.4. The van der Waals surface area contributed by atoms with Gasteiger partial charge in [0.2, 0.25) is 0 Å². The van der Waals surface area contributed by atoms with Gasteiger partial charge in [-0.1, -0.05) is 19.1 Å². The van der Waals surface area contributed by atoms with E-state index in [1.54, 1.807) is 0 Å². The van der Waals surface area contributed by atoms with Crippen molar-refractivity contribution in [2.45, 2.75) is 13.1 Å². The molecule has 1 rings (SSSR count). The van der Waals surface area contributed by atoms with E-state index in [2.05, 4.69) is 5.32 Å². The molecule has 0 bridgehead atoms. The number of allylic oxidation sites excluding steroid dienone is 4. The third-order valence-corrected chi connectivity index (χ3v) is 2.27. The van der Waals surface area contributed by atoms with E-state index < -0.39 is 24.0 Å². The Hall–Kier alpha value is -1.46. The highest BCUT2D eigenvalue weighted by Crippen LogP contribution is 2.37. The van der Waals surface area contributed by atoms with Crippen molar-refractivity contribution in [3.05, 3.63) is 23.9 Å². The van der Waals surface area contributed by atoms with Crippen LogP contribution in [0.4, 0.5) is 18.0 Å². The highest BCUT2D eigenvalue weighted by Gasteiger charge is 2.43. The number of halogens is 3. The van der Waals surface area contributed by atoms with Crippen molar-refractivity contribution in [3.63, 3.8) is 0 Å². The molecule has 0 saturated carbocycles. The minimum Gasteiger partial charge on any atom is -0.351 e. The van der Waals surface area contributed by atoms with Crippen molar-refractivity contribution in [1.82, 2.24) is 5.32 Å². The summed E-state index contributed by atoms with van der Waals surface area (Å²) in [5.41, 5.74) is 5.03. The van der Waals surface area contributed by atoms with Crippen molar-refractivity contribution in [1.29, 1.82) is 0 Å². The summed E-state index contributed by atoms with van der Waals surface area (Å²) in [7, 11) is 0. The second-order valence-electron chi connectivity index (χ2n) is 3.35. The Morgan fingerprint density at radius 3 is 2.60 bits per heavy atom. The Morgan fingerprint density at radius 2 is 2.13 bits per heavy atom. The molecule has 0 radical (unpaired) electrons. The van der Waals surface area contributed by atoms with E-state index >= 15 is 0 Å². The highest BCUT2D eigenvalue weighted by atomic mass is 19.4. The Bertz CT molecular complexity index is 320. The average molecular weight is 220 g/mol. The molecule has 0 aliphatic heterocycles. The lowest BCUT2D eigenvalue weighted by Gasteiger charge is -2.27. The Morgan fingerprint density at radius 1 is 1.53 bits per heavy atom. The van der Waals surface area contributed by atoms with Crippen LogP contribution in [0.2, 0.25) is 0 Å². The molecular formula is C9H11F3N2O. The maximum absolute atomic E-state index is 12.5. The Kier molecular flexibility index (Phi) is 3.06. The molecule has 6 heteroatoms. The van der Waals surface area contributed by atoms with Crippen molar-refractivity contribution in [2.24, 2.45) is 17.6 Å². The van der Waals surface area contributed by atoms with Crippen LogP contribution in [-0.4, -0.2) is 12.2 Å². The number of rotatable bonds is 1. The summed E-state index contributed by atoms with van der Waals surface area (Å²) >= 11 is 0. The molecule has 0 fully saturated rings. The molecule has 0 saturated heterocycles. The van der Waals surface area contributed by atoms with E-state index in [0.717, 1.165) is 6.08 Å². The summed E-state index contributed by atoms with van der Waals surface area (Å²) in [6, 6.07) is -0.857. The predicted octanol–water partition coefficient (Wildman–Crippen LogP) is 1.92. The number of hydrogen-bond acceptors (Lipinski definition) is 1. The molecule has 2 amide bonds. The molecular weight excluding hydrogens is 209 g/mol. The number of carbonyl (C=O) groups is 1. The summed E-state index contributed by atoms with van der Waals surface area (Å²) in [4.78, 5) is 10.5. The molecule has 0 spiro atoms. The van der Waals surface area contributed by atoms with Gasteiger partial charge in [0.1, 0.15) is 0 Å². The average Bonchev–Trinajstić information content (AvgIpc) is 2.05. The second-order valence-corrected chi connectivity index (χ2v) is 3.35. The van der Waals surface area contributed by atoms with Crippen LogP contribution in [-0.2, 0) is 0 Å². The second kappa shape index (κ2) is 3.96. The topological polar surface area (TPSA) is 55.1 Å². The first-order chi connectivity index (χ1) is 6.82. The molecule has 1 aliphatic carbocycles. The fourth-order valence-electron chi connectivity index (χ4n) is 1.48. The monoisotopic (exact) mass is 220 g/mol. The van der Waals surface area contributed by atoms with Gasteiger partial charge in [-0.15, -0.1) is 0 Å². The number of carbonyl (C=O) groups excluding carboxylic acids is 1. The van der Waals surface area contributed by atoms with Crippen LogP contribution in [0.1, 0.15) is 6.92 Å². The first kappa shape index (κ1) is 11.6. The van der Waals surface area contributed by atoms with Crippen LogP contribution in [0.15, 0.2) is 23.9 Å². The minimum atomic E-state index is -4.31. The zero-order valence-corrected chi connectivity index (χ0v) is 8.01.